The summed E-state index contributed by atoms with van der Waals surface area (Å²) in [4.78, 5) is 15.7. The first-order chi connectivity index (χ1) is 9.74. The standard InChI is InChI=1S/C12H11Cl2F3N2O2/c1-21-11(20)9-3-7(13)5-19(9)10-8(14)2-6(4-18-10)12(15,16)17/h2,4,7,9H,3,5H2,1H3/p+1/t7-,9-/m0/s1. The number of hydrogen-bond acceptors (Lipinski definition) is 3. The van der Waals surface area contributed by atoms with E-state index < -0.39 is 23.8 Å². The first-order valence-corrected chi connectivity index (χ1v) is 6.82. The molecule has 2 heterocycles. The Balaban J connectivity index is 2.34. The second-order valence-corrected chi connectivity index (χ2v) is 5.63. The fourth-order valence-electron chi connectivity index (χ4n) is 2.24. The summed E-state index contributed by atoms with van der Waals surface area (Å²) in [6.45, 7) is 0.281. The lowest BCUT2D eigenvalue weighted by atomic mass is 10.2. The SMILES string of the molecule is COC(=O)[C@@H]1C[C@H](Cl)CN1c1[nH+]cc(C(F)(F)F)cc1Cl. The minimum atomic E-state index is -4.50. The molecule has 1 N–H and O–H groups in total. The zero-order valence-corrected chi connectivity index (χ0v) is 12.4. The average Bonchev–Trinajstić information content (AvgIpc) is 2.78. The number of pyridine rings is 1. The number of ether oxygens (including phenoxy) is 1. The fourth-order valence-corrected chi connectivity index (χ4v) is 2.83. The largest absolute Gasteiger partial charge is 0.466 e. The van der Waals surface area contributed by atoms with E-state index >= 15 is 0 Å². The Kier molecular flexibility index (Phi) is 4.53. The van der Waals surface area contributed by atoms with Gasteiger partial charge < -0.3 is 4.74 Å². The van der Waals surface area contributed by atoms with E-state index in [4.69, 9.17) is 23.2 Å². The Bertz CT molecular complexity index is 554. The number of carbonyl (C=O) groups is 1. The van der Waals surface area contributed by atoms with Gasteiger partial charge in [-0.25, -0.2) is 14.7 Å². The second-order valence-electron chi connectivity index (χ2n) is 4.61. The lowest BCUT2D eigenvalue weighted by Crippen LogP contribution is -2.40. The summed E-state index contributed by atoms with van der Waals surface area (Å²) < 4.78 is 42.5. The van der Waals surface area contributed by atoms with Crippen LogP contribution in [0, 0.1) is 0 Å². The molecule has 2 rings (SSSR count). The van der Waals surface area contributed by atoms with Gasteiger partial charge in [0.15, 0.2) is 6.04 Å². The maximum Gasteiger partial charge on any atom is 0.419 e. The number of rotatable bonds is 2. The Morgan fingerprint density at radius 1 is 1.52 bits per heavy atom. The second kappa shape index (κ2) is 5.88. The van der Waals surface area contributed by atoms with Crippen molar-refractivity contribution in [2.24, 2.45) is 0 Å². The molecular weight excluding hydrogens is 332 g/mol. The third-order valence-electron chi connectivity index (χ3n) is 3.21. The van der Waals surface area contributed by atoms with Crippen LogP contribution >= 0.6 is 23.2 Å². The number of H-pyrrole nitrogens is 1. The molecule has 1 aromatic heterocycles. The summed E-state index contributed by atoms with van der Waals surface area (Å²) in [6, 6.07) is 0.131. The summed E-state index contributed by atoms with van der Waals surface area (Å²) in [5.41, 5.74) is -0.896. The smallest absolute Gasteiger partial charge is 0.419 e. The first-order valence-electron chi connectivity index (χ1n) is 6.01. The van der Waals surface area contributed by atoms with Crippen LogP contribution < -0.4 is 9.88 Å². The molecular formula is C12H12Cl2F3N2O2+. The van der Waals surface area contributed by atoms with Gasteiger partial charge >= 0.3 is 12.1 Å². The number of nitrogens with zero attached hydrogens (tertiary/aromatic N) is 1. The zero-order valence-electron chi connectivity index (χ0n) is 10.9. The number of carbonyl (C=O) groups excluding carboxylic acids is 1. The van der Waals surface area contributed by atoms with E-state index in [1.165, 1.54) is 12.0 Å². The highest BCUT2D eigenvalue weighted by atomic mass is 35.5. The van der Waals surface area contributed by atoms with Crippen LogP contribution in [0.4, 0.5) is 19.0 Å². The molecule has 116 valence electrons. The van der Waals surface area contributed by atoms with E-state index in [2.05, 4.69) is 9.72 Å². The molecule has 0 amide bonds. The molecule has 0 aromatic carbocycles. The van der Waals surface area contributed by atoms with Gasteiger partial charge in [0, 0.05) is 6.42 Å². The van der Waals surface area contributed by atoms with Gasteiger partial charge in [-0.1, -0.05) is 11.6 Å². The lowest BCUT2D eigenvalue weighted by Gasteiger charge is -2.17. The van der Waals surface area contributed by atoms with Crippen LogP contribution in [0.3, 0.4) is 0 Å². The number of nitrogens with one attached hydrogen (secondary N) is 1. The van der Waals surface area contributed by atoms with Crippen molar-refractivity contribution in [3.8, 4) is 0 Å². The minimum absolute atomic E-state index is 0.135. The van der Waals surface area contributed by atoms with Crippen LogP contribution in [-0.4, -0.2) is 31.0 Å². The molecule has 0 bridgehead atoms. The van der Waals surface area contributed by atoms with E-state index in [-0.39, 0.29) is 22.8 Å². The normalized spacial score (nSPS) is 22.5. The molecule has 1 aromatic rings. The number of methoxy groups -OCH3 is 1. The molecule has 0 aliphatic carbocycles. The minimum Gasteiger partial charge on any atom is -0.466 e. The van der Waals surface area contributed by atoms with Gasteiger partial charge in [0.25, 0.3) is 5.82 Å². The summed E-state index contributed by atoms with van der Waals surface area (Å²) >= 11 is 11.9. The van der Waals surface area contributed by atoms with E-state index in [1.54, 1.807) is 0 Å². The van der Waals surface area contributed by atoms with Crippen LogP contribution in [0.25, 0.3) is 0 Å². The van der Waals surface area contributed by atoms with Crippen LogP contribution in [0.2, 0.25) is 5.02 Å². The molecule has 1 saturated heterocycles. The summed E-state index contributed by atoms with van der Waals surface area (Å²) in [7, 11) is 1.24. The van der Waals surface area contributed by atoms with Crippen LogP contribution in [0.1, 0.15) is 12.0 Å². The van der Waals surface area contributed by atoms with Gasteiger partial charge in [-0.05, 0) is 6.07 Å². The maximum atomic E-state index is 12.6. The molecule has 2 atom stereocenters. The van der Waals surface area contributed by atoms with Gasteiger partial charge in [0.05, 0.1) is 18.1 Å². The molecule has 1 aliphatic rings. The predicted octanol–water partition coefficient (Wildman–Crippen LogP) is 2.53. The molecule has 0 saturated carbocycles. The summed E-state index contributed by atoms with van der Waals surface area (Å²) in [5, 5.41) is -0.453. The quantitative estimate of drug-likeness (QED) is 0.612. The fraction of sp³-hybridized carbons (Fsp3) is 0.500. The van der Waals surface area contributed by atoms with Crippen molar-refractivity contribution in [2.75, 3.05) is 18.6 Å². The molecule has 0 unspecified atom stereocenters. The highest BCUT2D eigenvalue weighted by molar-refractivity contribution is 6.32. The Morgan fingerprint density at radius 2 is 2.19 bits per heavy atom. The predicted molar refractivity (Wildman–Crippen MR) is 70.4 cm³/mol. The number of aromatic amines is 1. The Labute approximate surface area is 128 Å². The van der Waals surface area contributed by atoms with E-state index in [0.29, 0.717) is 6.42 Å². The monoisotopic (exact) mass is 343 g/mol. The van der Waals surface area contributed by atoms with Crippen LogP contribution in [0.15, 0.2) is 12.3 Å². The van der Waals surface area contributed by atoms with Gasteiger partial charge in [-0.3, -0.25) is 0 Å². The number of halogens is 5. The number of alkyl halides is 4. The van der Waals surface area contributed by atoms with Crippen molar-refractivity contribution < 1.29 is 27.7 Å². The van der Waals surface area contributed by atoms with Gasteiger partial charge in [-0.2, -0.15) is 13.2 Å². The van der Waals surface area contributed by atoms with Crippen molar-refractivity contribution in [2.45, 2.75) is 24.0 Å². The van der Waals surface area contributed by atoms with Gasteiger partial charge in [-0.15, -0.1) is 11.6 Å². The summed E-state index contributed by atoms with van der Waals surface area (Å²) in [6.07, 6.45) is -3.36. The third kappa shape index (κ3) is 3.35. The van der Waals surface area contributed by atoms with Gasteiger partial charge in [0.2, 0.25) is 0 Å². The average molecular weight is 344 g/mol. The number of aromatic nitrogens is 1. The molecule has 4 nitrogen and oxygen atoms in total. The van der Waals surface area contributed by atoms with Gasteiger partial charge in [0.1, 0.15) is 17.8 Å². The third-order valence-corrected chi connectivity index (χ3v) is 3.81. The molecule has 0 radical (unpaired) electrons. The topological polar surface area (TPSA) is 43.7 Å². The van der Waals surface area contributed by atoms with Crippen molar-refractivity contribution >= 4 is 35.0 Å². The lowest BCUT2D eigenvalue weighted by molar-refractivity contribution is -0.367. The number of anilines is 1. The van der Waals surface area contributed by atoms with Crippen molar-refractivity contribution in [1.29, 1.82) is 0 Å². The Morgan fingerprint density at radius 3 is 2.71 bits per heavy atom. The molecule has 0 spiro atoms. The highest BCUT2D eigenvalue weighted by Crippen LogP contribution is 2.35. The van der Waals surface area contributed by atoms with Crippen LogP contribution in [-0.2, 0) is 15.7 Å². The molecule has 9 heteroatoms. The molecule has 1 aliphatic heterocycles. The Hall–Kier alpha value is -1.21. The van der Waals surface area contributed by atoms with Crippen molar-refractivity contribution in [3.63, 3.8) is 0 Å². The zero-order chi connectivity index (χ0) is 15.8. The van der Waals surface area contributed by atoms with E-state index in [9.17, 15) is 18.0 Å². The van der Waals surface area contributed by atoms with Crippen molar-refractivity contribution in [1.82, 2.24) is 0 Å². The molecule has 21 heavy (non-hydrogen) atoms. The maximum absolute atomic E-state index is 12.6. The number of esters is 1. The highest BCUT2D eigenvalue weighted by Gasteiger charge is 2.44. The van der Waals surface area contributed by atoms with E-state index in [0.717, 1.165) is 12.3 Å². The summed E-state index contributed by atoms with van der Waals surface area (Å²) in [5.74, 6) is -0.300. The number of hydrogen-bond donors (Lipinski definition) is 0. The van der Waals surface area contributed by atoms with Crippen LogP contribution in [0.5, 0.6) is 0 Å². The first kappa shape index (κ1) is 16.2. The van der Waals surface area contributed by atoms with Crippen molar-refractivity contribution in [3.05, 3.63) is 22.8 Å². The van der Waals surface area contributed by atoms with E-state index in [1.807, 2.05) is 0 Å². The molecule has 1 fully saturated rings.